The van der Waals surface area contributed by atoms with Crippen LogP contribution < -0.4 is 21.3 Å². The minimum absolute atomic E-state index is 0.0198. The van der Waals surface area contributed by atoms with Gasteiger partial charge in [0.1, 0.15) is 29.4 Å². The van der Waals surface area contributed by atoms with Gasteiger partial charge in [0.05, 0.1) is 11.8 Å². The average Bonchev–Trinajstić information content (AvgIpc) is 3.54. The highest BCUT2D eigenvalue weighted by molar-refractivity contribution is 6.24. The van der Waals surface area contributed by atoms with Crippen LogP contribution in [0, 0.1) is 29.1 Å². The van der Waals surface area contributed by atoms with Crippen molar-refractivity contribution in [1.82, 2.24) is 21.3 Å². The predicted octanol–water partition coefficient (Wildman–Crippen LogP) is 4.32. The average molecular weight is 726 g/mol. The Morgan fingerprint density at radius 1 is 0.868 bits per heavy atom. The Labute approximate surface area is 310 Å². The standard InChI is InChI=1S/C41H51N5O7/c1-6-24-22-41(24,39(51)52)45-36(48)31-21-25(53-46-33-28-18-12-10-16-26(28)27-17-11-13-19-29(27)33)20-30(31)35(47)44-34(40(2,3)4)38(50)43-32(37(49)42-5)23-14-8-7-9-15-23/h6,10-13,16-19,23-25,30-32,34H,1,7-9,14-15,20-22H2,2-5H3,(H,42,49)(H,43,50)(H,44,47)(H,45,48)(H,51,52)/t24-,25+,30-,31-,32-,34+,41-/m1/s1. The van der Waals surface area contributed by atoms with E-state index in [2.05, 4.69) is 33.0 Å². The normalized spacial score (nSPS) is 25.8. The molecule has 282 valence electrons. The molecule has 2 aromatic carbocycles. The highest BCUT2D eigenvalue weighted by Gasteiger charge is 2.61. The number of aliphatic carboxylic acids is 1. The molecule has 12 nitrogen and oxygen atoms in total. The van der Waals surface area contributed by atoms with Crippen molar-refractivity contribution in [3.8, 4) is 11.1 Å². The third-order valence-electron chi connectivity index (χ3n) is 11.5. The molecule has 7 atom stereocenters. The number of oxime groups is 1. The van der Waals surface area contributed by atoms with Crippen LogP contribution in [-0.2, 0) is 28.8 Å². The molecule has 0 bridgehead atoms. The number of benzene rings is 2. The maximum atomic E-state index is 14.3. The van der Waals surface area contributed by atoms with Crippen molar-refractivity contribution >= 4 is 35.3 Å². The van der Waals surface area contributed by atoms with Gasteiger partial charge in [-0.2, -0.15) is 0 Å². The molecule has 0 aromatic heterocycles. The first kappa shape index (κ1) is 37.7. The second-order valence-corrected chi connectivity index (χ2v) is 16.1. The summed E-state index contributed by atoms with van der Waals surface area (Å²) in [6, 6.07) is 14.0. The highest BCUT2D eigenvalue weighted by atomic mass is 16.6. The second-order valence-electron chi connectivity index (χ2n) is 16.1. The lowest BCUT2D eigenvalue weighted by Gasteiger charge is -2.35. The third-order valence-corrected chi connectivity index (χ3v) is 11.5. The number of hydrogen-bond donors (Lipinski definition) is 5. The molecule has 0 unspecified atom stereocenters. The topological polar surface area (TPSA) is 175 Å². The number of fused-ring (bicyclic) bond motifs is 3. The quantitative estimate of drug-likeness (QED) is 0.137. The number of carbonyl (C=O) groups excluding carboxylic acids is 4. The largest absolute Gasteiger partial charge is 0.479 e. The van der Waals surface area contributed by atoms with E-state index in [4.69, 9.17) is 4.84 Å². The van der Waals surface area contributed by atoms with Gasteiger partial charge >= 0.3 is 5.97 Å². The van der Waals surface area contributed by atoms with Crippen molar-refractivity contribution < 1.29 is 33.9 Å². The van der Waals surface area contributed by atoms with Gasteiger partial charge in [-0.15, -0.1) is 6.58 Å². The number of rotatable bonds is 12. The molecule has 5 N–H and O–H groups in total. The molecule has 6 rings (SSSR count). The minimum atomic E-state index is -1.49. The smallest absolute Gasteiger partial charge is 0.330 e. The molecule has 0 aliphatic heterocycles. The molecule has 4 amide bonds. The second kappa shape index (κ2) is 15.2. The minimum Gasteiger partial charge on any atom is -0.479 e. The first-order valence-corrected chi connectivity index (χ1v) is 18.7. The van der Waals surface area contributed by atoms with E-state index in [0.29, 0.717) is 5.71 Å². The Hall–Kier alpha value is -5.00. The number of carboxylic acid groups (broad SMARTS) is 1. The molecule has 53 heavy (non-hydrogen) atoms. The van der Waals surface area contributed by atoms with E-state index in [1.54, 1.807) is 7.05 Å². The van der Waals surface area contributed by atoms with Crippen molar-refractivity contribution in [1.29, 1.82) is 0 Å². The molecule has 3 saturated carbocycles. The maximum Gasteiger partial charge on any atom is 0.330 e. The monoisotopic (exact) mass is 725 g/mol. The fourth-order valence-corrected chi connectivity index (χ4v) is 8.39. The molecule has 4 aliphatic carbocycles. The number of nitrogens with zero attached hydrogens (tertiary/aromatic N) is 1. The molecule has 3 fully saturated rings. The van der Waals surface area contributed by atoms with Crippen LogP contribution in [0.1, 0.15) is 83.3 Å². The molecule has 0 saturated heterocycles. The van der Waals surface area contributed by atoms with E-state index in [1.807, 2.05) is 69.3 Å². The van der Waals surface area contributed by atoms with Crippen LogP contribution in [-0.4, -0.2) is 71.2 Å². The van der Waals surface area contributed by atoms with Gasteiger partial charge in [0.15, 0.2) is 0 Å². The molecular weight excluding hydrogens is 674 g/mol. The summed E-state index contributed by atoms with van der Waals surface area (Å²) in [7, 11) is 1.54. The van der Waals surface area contributed by atoms with Gasteiger partial charge in [-0.3, -0.25) is 19.2 Å². The summed E-state index contributed by atoms with van der Waals surface area (Å²) in [6.07, 6.45) is 5.94. The van der Waals surface area contributed by atoms with E-state index in [9.17, 15) is 29.1 Å². The molecule has 2 aromatic rings. The van der Waals surface area contributed by atoms with Crippen molar-refractivity contribution in [2.24, 2.45) is 34.2 Å². The summed E-state index contributed by atoms with van der Waals surface area (Å²) >= 11 is 0. The van der Waals surface area contributed by atoms with Crippen LogP contribution in [0.25, 0.3) is 11.1 Å². The first-order chi connectivity index (χ1) is 25.3. The fraction of sp³-hybridized carbons (Fsp3) is 0.512. The van der Waals surface area contributed by atoms with Crippen molar-refractivity contribution in [3.05, 3.63) is 72.3 Å². The highest BCUT2D eigenvalue weighted by Crippen LogP contribution is 2.46. The van der Waals surface area contributed by atoms with Gasteiger partial charge in [-0.25, -0.2) is 4.79 Å². The SMILES string of the molecule is C=C[C@@H]1C[C@]1(NC(=O)[C@@H]1C[C@@H](ON=C2c3ccccc3-c3ccccc32)C[C@H]1C(=O)N[C@@H](C(=O)N[C@@H](C(=O)NC)C1CCCCC1)C(C)(C)C)C(=O)O. The summed E-state index contributed by atoms with van der Waals surface area (Å²) in [6.45, 7) is 9.19. The Morgan fingerprint density at radius 3 is 1.94 bits per heavy atom. The molecule has 0 spiro atoms. The van der Waals surface area contributed by atoms with Gasteiger partial charge in [0.2, 0.25) is 23.6 Å². The van der Waals surface area contributed by atoms with Gasteiger partial charge in [-0.1, -0.05) is 99.8 Å². The molecular formula is C41H51N5O7. The van der Waals surface area contributed by atoms with Gasteiger partial charge in [-0.05, 0) is 54.6 Å². The van der Waals surface area contributed by atoms with Crippen molar-refractivity contribution in [2.75, 3.05) is 7.05 Å². The van der Waals surface area contributed by atoms with E-state index < -0.39 is 70.6 Å². The first-order valence-electron chi connectivity index (χ1n) is 18.7. The number of likely N-dealkylation sites (N-methyl/N-ethyl adjacent to an activating group) is 1. The summed E-state index contributed by atoms with van der Waals surface area (Å²) in [5.41, 5.74) is 2.27. The lowest BCUT2D eigenvalue weighted by molar-refractivity contribution is -0.145. The Morgan fingerprint density at radius 2 is 1.43 bits per heavy atom. The van der Waals surface area contributed by atoms with Crippen LogP contribution in [0.5, 0.6) is 0 Å². The lowest BCUT2D eigenvalue weighted by Crippen LogP contribution is -2.60. The zero-order valence-electron chi connectivity index (χ0n) is 30.9. The molecule has 12 heteroatoms. The number of nitrogens with one attached hydrogen (secondary N) is 4. The zero-order valence-corrected chi connectivity index (χ0v) is 30.9. The predicted molar refractivity (Wildman–Crippen MR) is 199 cm³/mol. The van der Waals surface area contributed by atoms with Gasteiger partial charge < -0.3 is 31.2 Å². The fourth-order valence-electron chi connectivity index (χ4n) is 8.39. The maximum absolute atomic E-state index is 14.3. The van der Waals surface area contributed by atoms with E-state index in [-0.39, 0.29) is 31.1 Å². The Kier molecular flexibility index (Phi) is 10.8. The van der Waals surface area contributed by atoms with Crippen molar-refractivity contribution in [3.63, 3.8) is 0 Å². The van der Waals surface area contributed by atoms with E-state index >= 15 is 0 Å². The number of carbonyl (C=O) groups is 5. The summed E-state index contributed by atoms with van der Waals surface area (Å²) in [4.78, 5) is 73.6. The van der Waals surface area contributed by atoms with Crippen LogP contribution in [0.15, 0.2) is 66.3 Å². The molecule has 0 radical (unpaired) electrons. The summed E-state index contributed by atoms with van der Waals surface area (Å²) in [5.74, 6) is -5.43. The molecule has 4 aliphatic rings. The van der Waals surface area contributed by atoms with Crippen molar-refractivity contribution in [2.45, 2.75) is 95.9 Å². The third kappa shape index (κ3) is 7.59. The van der Waals surface area contributed by atoms with E-state index in [1.165, 1.54) is 6.08 Å². The van der Waals surface area contributed by atoms with Gasteiger partial charge in [0, 0.05) is 24.1 Å². The summed E-state index contributed by atoms with van der Waals surface area (Å²) in [5, 5.41) is 25.9. The summed E-state index contributed by atoms with van der Waals surface area (Å²) < 4.78 is 0. The van der Waals surface area contributed by atoms with Gasteiger partial charge in [0.25, 0.3) is 0 Å². The molecule has 0 heterocycles. The Balaban J connectivity index is 1.25. The number of hydrogen-bond acceptors (Lipinski definition) is 7. The lowest BCUT2D eigenvalue weighted by atomic mass is 9.82. The van der Waals surface area contributed by atoms with Crippen LogP contribution in [0.4, 0.5) is 0 Å². The van der Waals surface area contributed by atoms with Crippen LogP contribution in [0.2, 0.25) is 0 Å². The number of carboxylic acids is 1. The van der Waals surface area contributed by atoms with Crippen LogP contribution >= 0.6 is 0 Å². The zero-order chi connectivity index (χ0) is 38.1. The van der Waals surface area contributed by atoms with Crippen LogP contribution in [0.3, 0.4) is 0 Å². The number of amides is 4. The Bertz CT molecular complexity index is 1760. The van der Waals surface area contributed by atoms with E-state index in [0.717, 1.165) is 54.4 Å².